The Kier molecular flexibility index (Phi) is 6.93. The molecule has 0 aliphatic rings. The summed E-state index contributed by atoms with van der Waals surface area (Å²) in [4.78, 5) is 11.5. The maximum Gasteiger partial charge on any atom is 0.240 e. The van der Waals surface area contributed by atoms with Gasteiger partial charge in [0.15, 0.2) is 5.78 Å². The molecule has 0 aliphatic heterocycles. The fourth-order valence-corrected chi connectivity index (χ4v) is 3.86. The summed E-state index contributed by atoms with van der Waals surface area (Å²) in [7, 11) is -3.68. The first kappa shape index (κ1) is 20.9. The first-order valence-electron chi connectivity index (χ1n) is 9.25. The molecule has 0 aliphatic carbocycles. The molecule has 0 bridgehead atoms. The van der Waals surface area contributed by atoms with Gasteiger partial charge in [-0.15, -0.1) is 0 Å². The molecule has 0 saturated carbocycles. The number of benzene rings is 3. The smallest absolute Gasteiger partial charge is 0.240 e. The van der Waals surface area contributed by atoms with Gasteiger partial charge in [0.25, 0.3) is 0 Å². The van der Waals surface area contributed by atoms with Crippen molar-refractivity contribution in [1.82, 2.24) is 4.72 Å². The summed E-state index contributed by atoms with van der Waals surface area (Å²) in [6.07, 6.45) is 0. The lowest BCUT2D eigenvalue weighted by molar-refractivity contribution is 0.101. The van der Waals surface area contributed by atoms with E-state index < -0.39 is 10.0 Å². The second kappa shape index (κ2) is 9.60. The SMILES string of the molecule is CC(=O)c1ccc(S(=O)(=O)NCc2ccccc2COCc2ccccc2)cc1. The molecule has 0 spiro atoms. The minimum absolute atomic E-state index is 0.105. The van der Waals surface area contributed by atoms with Crippen LogP contribution in [0.5, 0.6) is 0 Å². The number of hydrogen-bond acceptors (Lipinski definition) is 4. The van der Waals surface area contributed by atoms with Crippen molar-refractivity contribution < 1.29 is 17.9 Å². The summed E-state index contributed by atoms with van der Waals surface area (Å²) in [5, 5.41) is 0. The first-order valence-corrected chi connectivity index (χ1v) is 10.7. The quantitative estimate of drug-likeness (QED) is 0.541. The van der Waals surface area contributed by atoms with Crippen molar-refractivity contribution in [2.45, 2.75) is 31.6 Å². The second-order valence-electron chi connectivity index (χ2n) is 6.65. The van der Waals surface area contributed by atoms with E-state index >= 15 is 0 Å². The highest BCUT2D eigenvalue weighted by Gasteiger charge is 2.15. The summed E-state index contributed by atoms with van der Waals surface area (Å²) in [5.74, 6) is -0.105. The number of ketones is 1. The van der Waals surface area contributed by atoms with Gasteiger partial charge in [-0.2, -0.15) is 0 Å². The van der Waals surface area contributed by atoms with Gasteiger partial charge in [0.05, 0.1) is 18.1 Å². The van der Waals surface area contributed by atoms with Crippen LogP contribution in [-0.2, 0) is 34.5 Å². The molecule has 0 atom stereocenters. The van der Waals surface area contributed by atoms with E-state index in [2.05, 4.69) is 4.72 Å². The molecule has 0 saturated heterocycles. The Morgan fingerprint density at radius 1 is 0.828 bits per heavy atom. The zero-order chi connectivity index (χ0) is 20.7. The monoisotopic (exact) mass is 409 g/mol. The largest absolute Gasteiger partial charge is 0.372 e. The summed E-state index contributed by atoms with van der Waals surface area (Å²) in [6.45, 7) is 2.48. The number of hydrogen-bond donors (Lipinski definition) is 1. The van der Waals surface area contributed by atoms with Gasteiger partial charge in [-0.1, -0.05) is 66.7 Å². The van der Waals surface area contributed by atoms with Crippen LogP contribution in [0, 0.1) is 0 Å². The molecule has 3 aromatic rings. The van der Waals surface area contributed by atoms with Crippen LogP contribution in [0.3, 0.4) is 0 Å². The zero-order valence-corrected chi connectivity index (χ0v) is 17.0. The van der Waals surface area contributed by atoms with Crippen molar-refractivity contribution in [1.29, 1.82) is 0 Å². The van der Waals surface area contributed by atoms with E-state index in [9.17, 15) is 13.2 Å². The summed E-state index contributed by atoms with van der Waals surface area (Å²) in [5.41, 5.74) is 3.34. The molecule has 0 amide bonds. The van der Waals surface area contributed by atoms with E-state index in [1.165, 1.54) is 31.2 Å². The minimum Gasteiger partial charge on any atom is -0.372 e. The Hall–Kier alpha value is -2.80. The predicted molar refractivity (Wildman–Crippen MR) is 112 cm³/mol. The number of carbonyl (C=O) groups excluding carboxylic acids is 1. The third-order valence-electron chi connectivity index (χ3n) is 4.51. The van der Waals surface area contributed by atoms with Gasteiger partial charge in [-0.05, 0) is 35.7 Å². The van der Waals surface area contributed by atoms with Crippen LogP contribution in [0.2, 0.25) is 0 Å². The lowest BCUT2D eigenvalue weighted by Gasteiger charge is -2.12. The molecule has 1 N–H and O–H groups in total. The van der Waals surface area contributed by atoms with Crippen molar-refractivity contribution in [2.75, 3.05) is 0 Å². The van der Waals surface area contributed by atoms with E-state index in [-0.39, 0.29) is 17.2 Å². The molecule has 150 valence electrons. The van der Waals surface area contributed by atoms with Crippen LogP contribution < -0.4 is 4.72 Å². The molecular formula is C23H23NO4S. The van der Waals surface area contributed by atoms with Gasteiger partial charge in [-0.3, -0.25) is 4.79 Å². The number of carbonyl (C=O) groups is 1. The minimum atomic E-state index is -3.68. The predicted octanol–water partition coefficient (Wildman–Crippen LogP) is 4.08. The van der Waals surface area contributed by atoms with Crippen molar-refractivity contribution in [3.8, 4) is 0 Å². The molecule has 29 heavy (non-hydrogen) atoms. The lowest BCUT2D eigenvalue weighted by atomic mass is 10.1. The number of sulfonamides is 1. The second-order valence-corrected chi connectivity index (χ2v) is 8.42. The summed E-state index contributed by atoms with van der Waals surface area (Å²) < 4.78 is 33.5. The third kappa shape index (κ3) is 5.84. The Morgan fingerprint density at radius 3 is 2.10 bits per heavy atom. The highest BCUT2D eigenvalue weighted by Crippen LogP contribution is 2.15. The molecule has 3 rings (SSSR count). The van der Waals surface area contributed by atoms with Crippen LogP contribution in [0.1, 0.15) is 34.0 Å². The number of rotatable bonds is 9. The molecule has 0 aromatic heterocycles. The van der Waals surface area contributed by atoms with Gasteiger partial charge < -0.3 is 4.74 Å². The molecule has 3 aromatic carbocycles. The highest BCUT2D eigenvalue weighted by molar-refractivity contribution is 7.89. The van der Waals surface area contributed by atoms with Crippen LogP contribution >= 0.6 is 0 Å². The topological polar surface area (TPSA) is 72.5 Å². The molecule has 0 radical (unpaired) electrons. The number of Topliss-reactive ketones (excluding diaryl/α,β-unsaturated/α-hetero) is 1. The average Bonchev–Trinajstić information content (AvgIpc) is 2.74. The normalized spacial score (nSPS) is 11.3. The van der Waals surface area contributed by atoms with Crippen molar-refractivity contribution in [3.63, 3.8) is 0 Å². The van der Waals surface area contributed by atoms with E-state index in [1.807, 2.05) is 54.6 Å². The Bertz CT molecular complexity index is 1060. The summed E-state index contributed by atoms with van der Waals surface area (Å²) >= 11 is 0. The molecule has 0 fully saturated rings. The zero-order valence-electron chi connectivity index (χ0n) is 16.2. The van der Waals surface area contributed by atoms with Crippen LogP contribution in [0.4, 0.5) is 0 Å². The van der Waals surface area contributed by atoms with Crippen LogP contribution in [0.25, 0.3) is 0 Å². The Morgan fingerprint density at radius 2 is 1.45 bits per heavy atom. The van der Waals surface area contributed by atoms with E-state index in [0.717, 1.165) is 16.7 Å². The lowest BCUT2D eigenvalue weighted by Crippen LogP contribution is -2.24. The average molecular weight is 410 g/mol. The van der Waals surface area contributed by atoms with Gasteiger partial charge >= 0.3 is 0 Å². The highest BCUT2D eigenvalue weighted by atomic mass is 32.2. The number of ether oxygens (including phenoxy) is 1. The van der Waals surface area contributed by atoms with Crippen LogP contribution in [-0.4, -0.2) is 14.2 Å². The van der Waals surface area contributed by atoms with Crippen molar-refractivity contribution >= 4 is 15.8 Å². The van der Waals surface area contributed by atoms with Crippen molar-refractivity contribution in [3.05, 3.63) is 101 Å². The van der Waals surface area contributed by atoms with Gasteiger partial charge in [0.1, 0.15) is 0 Å². The van der Waals surface area contributed by atoms with Crippen molar-refractivity contribution in [2.24, 2.45) is 0 Å². The van der Waals surface area contributed by atoms with Crippen LogP contribution in [0.15, 0.2) is 83.8 Å². The Balaban J connectivity index is 1.63. The fraction of sp³-hybridized carbons (Fsp3) is 0.174. The fourth-order valence-electron chi connectivity index (χ4n) is 2.85. The maximum absolute atomic E-state index is 12.6. The molecular weight excluding hydrogens is 386 g/mol. The molecule has 0 unspecified atom stereocenters. The van der Waals surface area contributed by atoms with E-state index in [4.69, 9.17) is 4.74 Å². The molecule has 0 heterocycles. The van der Waals surface area contributed by atoms with Gasteiger partial charge in [-0.25, -0.2) is 13.1 Å². The first-order chi connectivity index (χ1) is 14.0. The standard InChI is InChI=1S/C23H23NO4S/c1-18(25)20-11-13-23(14-12-20)29(26,27)24-15-21-9-5-6-10-22(21)17-28-16-19-7-3-2-4-8-19/h2-14,24H,15-17H2,1H3. The third-order valence-corrected chi connectivity index (χ3v) is 5.93. The van der Waals surface area contributed by atoms with Gasteiger partial charge in [0, 0.05) is 12.1 Å². The Labute approximate surface area is 171 Å². The van der Waals surface area contributed by atoms with E-state index in [1.54, 1.807) is 0 Å². The molecule has 5 nitrogen and oxygen atoms in total. The maximum atomic E-state index is 12.6. The number of nitrogens with one attached hydrogen (secondary N) is 1. The molecule has 6 heteroatoms. The van der Waals surface area contributed by atoms with Gasteiger partial charge in [0.2, 0.25) is 10.0 Å². The summed E-state index contributed by atoms with van der Waals surface area (Å²) in [6, 6.07) is 23.4. The van der Waals surface area contributed by atoms with E-state index in [0.29, 0.717) is 18.8 Å².